The highest BCUT2D eigenvalue weighted by Gasteiger charge is 2.48. The number of pyridine rings is 1. The molecule has 4 rings (SSSR count). The molecule has 11 heteroatoms. The highest BCUT2D eigenvalue weighted by Crippen LogP contribution is 2.39. The molecule has 1 aromatic carbocycles. The predicted octanol–water partition coefficient (Wildman–Crippen LogP) is 1.59. The van der Waals surface area contributed by atoms with Crippen molar-refractivity contribution in [2.75, 3.05) is 25.0 Å². The molecule has 2 fully saturated rings. The smallest absolute Gasteiger partial charge is 0.307 e. The maximum Gasteiger partial charge on any atom is 0.307 e. The lowest BCUT2D eigenvalue weighted by atomic mass is 10.0. The van der Waals surface area contributed by atoms with Crippen LogP contribution >= 0.6 is 0 Å². The van der Waals surface area contributed by atoms with Crippen LogP contribution in [0.25, 0.3) is 11.1 Å². The summed E-state index contributed by atoms with van der Waals surface area (Å²) in [5.41, 5.74) is 1.48. The van der Waals surface area contributed by atoms with Crippen LogP contribution in [0.2, 0.25) is 0 Å². The first-order valence-corrected chi connectivity index (χ1v) is 11.0. The number of carbonyl (C=O) groups is 3. The summed E-state index contributed by atoms with van der Waals surface area (Å²) in [4.78, 5) is 40.1. The van der Waals surface area contributed by atoms with Gasteiger partial charge < -0.3 is 25.2 Å². The number of aliphatic carboxylic acids is 1. The van der Waals surface area contributed by atoms with Gasteiger partial charge in [0.05, 0.1) is 23.9 Å². The van der Waals surface area contributed by atoms with Crippen molar-refractivity contribution in [2.45, 2.75) is 25.1 Å². The first-order valence-electron chi connectivity index (χ1n) is 11.0. The SMILES string of the molecule is N#Cc1cc(-c2ccnc(NC(=O)[C@@H]3CC3C(=O)O)c2)ccc1O[C@H]1CCN(C(=O)CO)C[C@H]1F. The molecule has 0 spiro atoms. The summed E-state index contributed by atoms with van der Waals surface area (Å²) in [5.74, 6) is -2.73. The Morgan fingerprint density at radius 1 is 1.23 bits per heavy atom. The summed E-state index contributed by atoms with van der Waals surface area (Å²) < 4.78 is 20.3. The molecule has 1 unspecified atom stereocenters. The first-order chi connectivity index (χ1) is 16.8. The number of carboxylic acids is 1. The molecule has 2 heterocycles. The fourth-order valence-electron chi connectivity index (χ4n) is 4.06. The molecule has 1 saturated carbocycles. The molecule has 2 aromatic rings. The molecule has 1 saturated heterocycles. The van der Waals surface area contributed by atoms with E-state index < -0.39 is 48.5 Å². The monoisotopic (exact) mass is 482 g/mol. The van der Waals surface area contributed by atoms with Gasteiger partial charge in [0.1, 0.15) is 30.3 Å². The summed E-state index contributed by atoms with van der Waals surface area (Å²) in [5, 5.41) is 30.2. The molecule has 3 N–H and O–H groups in total. The Balaban J connectivity index is 1.45. The van der Waals surface area contributed by atoms with Crippen molar-refractivity contribution in [3.05, 3.63) is 42.1 Å². The van der Waals surface area contributed by atoms with Gasteiger partial charge in [-0.25, -0.2) is 9.37 Å². The number of carbonyl (C=O) groups excluding carboxylic acids is 2. The molecule has 1 aromatic heterocycles. The number of hydrogen-bond acceptors (Lipinski definition) is 7. The molecule has 2 aliphatic rings. The minimum Gasteiger partial charge on any atom is -0.486 e. The molecule has 2 amide bonds. The molecular formula is C24H23FN4O6. The lowest BCUT2D eigenvalue weighted by Crippen LogP contribution is -2.50. The number of ether oxygens (including phenoxy) is 1. The molecule has 0 bridgehead atoms. The standard InChI is InChI=1S/C24H23FN4O6/c25-18-11-29(22(31)12-30)6-4-20(18)35-19-2-1-13(7-15(19)10-26)14-3-5-27-21(8-14)28-23(32)16-9-17(16)24(33)34/h1-3,5,7-8,16-18,20,30H,4,6,9,11-12H2,(H,33,34)(H,27,28,32)/t16-,17?,18-,20+/m1/s1. The molecule has 35 heavy (non-hydrogen) atoms. The number of alkyl halides is 1. The molecule has 1 aliphatic carbocycles. The van der Waals surface area contributed by atoms with Crippen LogP contribution in [-0.4, -0.2) is 69.9 Å². The number of carboxylic acid groups (broad SMARTS) is 1. The zero-order chi connectivity index (χ0) is 25.1. The highest BCUT2D eigenvalue weighted by atomic mass is 19.1. The third-order valence-corrected chi connectivity index (χ3v) is 6.14. The Bertz CT molecular complexity index is 1200. The third-order valence-electron chi connectivity index (χ3n) is 6.14. The minimum absolute atomic E-state index is 0.188. The summed E-state index contributed by atoms with van der Waals surface area (Å²) >= 11 is 0. The predicted molar refractivity (Wildman–Crippen MR) is 120 cm³/mol. The number of aliphatic hydroxyl groups is 1. The maximum atomic E-state index is 14.6. The molecule has 10 nitrogen and oxygen atoms in total. The number of piperidine rings is 1. The van der Waals surface area contributed by atoms with Crippen molar-refractivity contribution >= 4 is 23.6 Å². The van der Waals surface area contributed by atoms with Crippen molar-refractivity contribution < 1.29 is 33.7 Å². The summed E-state index contributed by atoms with van der Waals surface area (Å²) in [6.45, 7) is -0.629. The average molecular weight is 482 g/mol. The Morgan fingerprint density at radius 3 is 2.66 bits per heavy atom. The van der Waals surface area contributed by atoms with E-state index in [2.05, 4.69) is 10.3 Å². The van der Waals surface area contributed by atoms with Crippen molar-refractivity contribution in [3.63, 3.8) is 0 Å². The van der Waals surface area contributed by atoms with Crippen molar-refractivity contribution in [3.8, 4) is 22.9 Å². The lowest BCUT2D eigenvalue weighted by Gasteiger charge is -2.34. The quantitative estimate of drug-likeness (QED) is 0.538. The number of hydrogen-bond donors (Lipinski definition) is 3. The number of rotatable bonds is 7. The highest BCUT2D eigenvalue weighted by molar-refractivity contribution is 5.98. The number of halogens is 1. The van der Waals surface area contributed by atoms with Gasteiger partial charge in [0.25, 0.3) is 0 Å². The second kappa shape index (κ2) is 10.1. The van der Waals surface area contributed by atoms with E-state index in [0.717, 1.165) is 0 Å². The molecule has 182 valence electrons. The van der Waals surface area contributed by atoms with Crippen LogP contribution in [0.3, 0.4) is 0 Å². The van der Waals surface area contributed by atoms with E-state index in [9.17, 15) is 24.0 Å². The topological polar surface area (TPSA) is 153 Å². The second-order valence-corrected chi connectivity index (χ2v) is 8.49. The number of nitrogens with one attached hydrogen (secondary N) is 1. The third kappa shape index (κ3) is 5.38. The molecular weight excluding hydrogens is 459 g/mol. The average Bonchev–Trinajstić information content (AvgIpc) is 3.67. The van der Waals surface area contributed by atoms with Crippen molar-refractivity contribution in [1.82, 2.24) is 9.88 Å². The second-order valence-electron chi connectivity index (χ2n) is 8.49. The van der Waals surface area contributed by atoms with E-state index in [1.807, 2.05) is 6.07 Å². The Hall–Kier alpha value is -4.04. The minimum atomic E-state index is -1.47. The molecule has 4 atom stereocenters. The number of nitriles is 1. The number of benzene rings is 1. The van der Waals surface area contributed by atoms with E-state index in [1.54, 1.807) is 30.3 Å². The van der Waals surface area contributed by atoms with Gasteiger partial charge in [0, 0.05) is 19.2 Å². The fourth-order valence-corrected chi connectivity index (χ4v) is 4.06. The maximum absolute atomic E-state index is 14.6. The van der Waals surface area contributed by atoms with E-state index in [4.69, 9.17) is 14.9 Å². The first kappa shape index (κ1) is 24.1. The number of anilines is 1. The number of aromatic nitrogens is 1. The van der Waals surface area contributed by atoms with E-state index >= 15 is 0 Å². The van der Waals surface area contributed by atoms with Gasteiger partial charge in [-0.15, -0.1) is 0 Å². The summed E-state index contributed by atoms with van der Waals surface area (Å²) in [7, 11) is 0. The number of nitrogens with zero attached hydrogens (tertiary/aromatic N) is 3. The largest absolute Gasteiger partial charge is 0.486 e. The van der Waals surface area contributed by atoms with E-state index in [-0.39, 0.29) is 36.6 Å². The summed E-state index contributed by atoms with van der Waals surface area (Å²) in [6, 6.07) is 10.2. The Kier molecular flexibility index (Phi) is 6.93. The van der Waals surface area contributed by atoms with Crippen LogP contribution in [0, 0.1) is 23.2 Å². The Morgan fingerprint density at radius 2 is 2.00 bits per heavy atom. The van der Waals surface area contributed by atoms with Crippen LogP contribution in [0.15, 0.2) is 36.5 Å². The molecule has 1 aliphatic heterocycles. The van der Waals surface area contributed by atoms with Crippen molar-refractivity contribution in [2.24, 2.45) is 11.8 Å². The van der Waals surface area contributed by atoms with Gasteiger partial charge >= 0.3 is 5.97 Å². The summed E-state index contributed by atoms with van der Waals surface area (Å²) in [6.07, 6.45) is -0.307. The van der Waals surface area contributed by atoms with Gasteiger partial charge in [0.15, 0.2) is 6.17 Å². The van der Waals surface area contributed by atoms with Gasteiger partial charge in [0.2, 0.25) is 11.8 Å². The van der Waals surface area contributed by atoms with Gasteiger partial charge in [-0.05, 0) is 41.8 Å². The van der Waals surface area contributed by atoms with Crippen LogP contribution in [0.5, 0.6) is 5.75 Å². The fraction of sp³-hybridized carbons (Fsp3) is 0.375. The Labute approximate surface area is 199 Å². The van der Waals surface area contributed by atoms with Gasteiger partial charge in [-0.2, -0.15) is 5.26 Å². The van der Waals surface area contributed by atoms with Crippen LogP contribution in [0.4, 0.5) is 10.2 Å². The van der Waals surface area contributed by atoms with Gasteiger partial charge in [-0.1, -0.05) is 6.07 Å². The zero-order valence-corrected chi connectivity index (χ0v) is 18.6. The van der Waals surface area contributed by atoms with E-state index in [0.29, 0.717) is 17.5 Å². The van der Waals surface area contributed by atoms with Crippen LogP contribution in [0.1, 0.15) is 18.4 Å². The van der Waals surface area contributed by atoms with E-state index in [1.165, 1.54) is 11.1 Å². The van der Waals surface area contributed by atoms with Gasteiger partial charge in [-0.3, -0.25) is 14.4 Å². The lowest BCUT2D eigenvalue weighted by molar-refractivity contribution is -0.140. The van der Waals surface area contributed by atoms with Crippen molar-refractivity contribution in [1.29, 1.82) is 5.26 Å². The number of aliphatic hydroxyl groups excluding tert-OH is 1. The van der Waals surface area contributed by atoms with Crippen LogP contribution < -0.4 is 10.1 Å². The number of likely N-dealkylation sites (tertiary alicyclic amines) is 1. The number of amides is 2. The zero-order valence-electron chi connectivity index (χ0n) is 18.6. The van der Waals surface area contributed by atoms with Crippen LogP contribution in [-0.2, 0) is 14.4 Å². The molecule has 0 radical (unpaired) electrons. The normalized spacial score (nSPS) is 23.2.